The number of hydrogen-bond donors (Lipinski definition) is 1. The average Bonchev–Trinajstić information content (AvgIpc) is 2.96. The summed E-state index contributed by atoms with van der Waals surface area (Å²) in [5, 5.41) is 4.38. The number of hydrogen-bond acceptors (Lipinski definition) is 2. The Bertz CT molecular complexity index is 533. The van der Waals surface area contributed by atoms with Gasteiger partial charge in [0.15, 0.2) is 5.58 Å². The van der Waals surface area contributed by atoms with Crippen LogP contribution >= 0.6 is 11.6 Å². The van der Waals surface area contributed by atoms with E-state index in [9.17, 15) is 4.39 Å². The molecular formula is C12H11ClFNO. The molecule has 1 aliphatic rings. The van der Waals surface area contributed by atoms with Gasteiger partial charge >= 0.3 is 0 Å². The van der Waals surface area contributed by atoms with Crippen LogP contribution in [0.3, 0.4) is 0 Å². The molecule has 0 radical (unpaired) electrons. The Kier molecular flexibility index (Phi) is 2.37. The molecule has 1 fully saturated rings. The first-order valence-electron chi connectivity index (χ1n) is 5.33. The summed E-state index contributed by atoms with van der Waals surface area (Å²) < 4.78 is 18.7. The number of benzene rings is 1. The van der Waals surface area contributed by atoms with Crippen LogP contribution in [0.2, 0.25) is 5.02 Å². The van der Waals surface area contributed by atoms with Gasteiger partial charge in [0.05, 0.1) is 11.6 Å². The molecule has 3 rings (SSSR count). The van der Waals surface area contributed by atoms with Gasteiger partial charge in [-0.1, -0.05) is 11.6 Å². The molecule has 16 heavy (non-hydrogen) atoms. The monoisotopic (exact) mass is 239 g/mol. The molecule has 0 saturated heterocycles. The molecule has 1 saturated carbocycles. The number of rotatable bonds is 3. The number of halogens is 2. The van der Waals surface area contributed by atoms with Gasteiger partial charge in [-0.05, 0) is 31.0 Å². The Labute approximate surface area is 97.4 Å². The smallest absolute Gasteiger partial charge is 0.153 e. The maximum atomic E-state index is 13.1. The maximum Gasteiger partial charge on any atom is 0.153 e. The van der Waals surface area contributed by atoms with Crippen LogP contribution in [-0.2, 0) is 6.54 Å². The Morgan fingerprint density at radius 3 is 2.94 bits per heavy atom. The highest BCUT2D eigenvalue weighted by Gasteiger charge is 2.20. The van der Waals surface area contributed by atoms with E-state index in [0.717, 1.165) is 11.1 Å². The van der Waals surface area contributed by atoms with Crippen molar-refractivity contribution in [3.63, 3.8) is 0 Å². The molecule has 1 aromatic carbocycles. The van der Waals surface area contributed by atoms with Gasteiger partial charge in [-0.3, -0.25) is 0 Å². The molecule has 2 aromatic rings. The van der Waals surface area contributed by atoms with Crippen molar-refractivity contribution in [2.75, 3.05) is 0 Å². The van der Waals surface area contributed by atoms with Crippen molar-refractivity contribution < 1.29 is 8.81 Å². The van der Waals surface area contributed by atoms with Gasteiger partial charge in [0.1, 0.15) is 11.6 Å². The first-order chi connectivity index (χ1) is 7.72. The lowest BCUT2D eigenvalue weighted by atomic mass is 10.2. The summed E-state index contributed by atoms with van der Waals surface area (Å²) in [4.78, 5) is 0. The molecule has 0 bridgehead atoms. The fourth-order valence-electron chi connectivity index (χ4n) is 1.75. The van der Waals surface area contributed by atoms with Crippen LogP contribution < -0.4 is 5.32 Å². The summed E-state index contributed by atoms with van der Waals surface area (Å²) in [6.45, 7) is 0.678. The second-order valence-electron chi connectivity index (χ2n) is 4.17. The lowest BCUT2D eigenvalue weighted by Gasteiger charge is -1.97. The lowest BCUT2D eigenvalue weighted by molar-refractivity contribution is 0.512. The lowest BCUT2D eigenvalue weighted by Crippen LogP contribution is -2.14. The minimum Gasteiger partial charge on any atom is -0.458 e. The molecule has 2 nitrogen and oxygen atoms in total. The van der Waals surface area contributed by atoms with E-state index in [4.69, 9.17) is 16.0 Å². The van der Waals surface area contributed by atoms with E-state index in [0.29, 0.717) is 23.2 Å². The molecule has 1 aliphatic carbocycles. The van der Waals surface area contributed by atoms with Crippen molar-refractivity contribution in [3.8, 4) is 0 Å². The minimum atomic E-state index is -0.333. The van der Waals surface area contributed by atoms with Gasteiger partial charge in [-0.25, -0.2) is 4.39 Å². The van der Waals surface area contributed by atoms with Crippen LogP contribution in [0.1, 0.15) is 18.6 Å². The molecule has 1 N–H and O–H groups in total. The van der Waals surface area contributed by atoms with Crippen LogP contribution in [0.4, 0.5) is 4.39 Å². The zero-order chi connectivity index (χ0) is 11.1. The highest BCUT2D eigenvalue weighted by atomic mass is 35.5. The summed E-state index contributed by atoms with van der Waals surface area (Å²) >= 11 is 5.90. The summed E-state index contributed by atoms with van der Waals surface area (Å²) in [5.74, 6) is 0.467. The van der Waals surface area contributed by atoms with Gasteiger partial charge in [0.2, 0.25) is 0 Å². The predicted molar refractivity (Wildman–Crippen MR) is 61.0 cm³/mol. The normalized spacial score (nSPS) is 15.9. The topological polar surface area (TPSA) is 25.2 Å². The zero-order valence-electron chi connectivity index (χ0n) is 8.59. The zero-order valence-corrected chi connectivity index (χ0v) is 9.35. The van der Waals surface area contributed by atoms with Crippen molar-refractivity contribution in [1.82, 2.24) is 5.32 Å². The number of fused-ring (bicyclic) bond motifs is 1. The molecule has 0 amide bonds. The molecule has 0 unspecified atom stereocenters. The van der Waals surface area contributed by atoms with Gasteiger partial charge in [-0.2, -0.15) is 0 Å². The van der Waals surface area contributed by atoms with Gasteiger partial charge in [-0.15, -0.1) is 0 Å². The first kappa shape index (κ1) is 10.1. The summed E-state index contributed by atoms with van der Waals surface area (Å²) in [6.07, 6.45) is 2.46. The van der Waals surface area contributed by atoms with E-state index in [-0.39, 0.29) is 5.82 Å². The first-order valence-corrected chi connectivity index (χ1v) is 5.71. The van der Waals surface area contributed by atoms with E-state index >= 15 is 0 Å². The molecule has 1 aromatic heterocycles. The second-order valence-corrected chi connectivity index (χ2v) is 4.58. The van der Waals surface area contributed by atoms with Crippen molar-refractivity contribution >= 4 is 22.6 Å². The average molecular weight is 240 g/mol. The van der Waals surface area contributed by atoms with Crippen LogP contribution in [0.5, 0.6) is 0 Å². The van der Waals surface area contributed by atoms with E-state index in [1.54, 1.807) is 0 Å². The van der Waals surface area contributed by atoms with Crippen LogP contribution in [0, 0.1) is 5.82 Å². The molecule has 84 valence electrons. The van der Waals surface area contributed by atoms with Crippen molar-refractivity contribution in [2.45, 2.75) is 25.4 Å². The SMILES string of the molecule is Fc1cc(Cl)c2oc(CNC3CC3)cc2c1. The second kappa shape index (κ2) is 3.75. The number of furan rings is 1. The van der Waals surface area contributed by atoms with Crippen LogP contribution in [-0.4, -0.2) is 6.04 Å². The third-order valence-corrected chi connectivity index (χ3v) is 3.01. The predicted octanol–water partition coefficient (Wildman–Crippen LogP) is 3.48. The van der Waals surface area contributed by atoms with Crippen molar-refractivity contribution in [2.24, 2.45) is 0 Å². The molecule has 4 heteroatoms. The van der Waals surface area contributed by atoms with Crippen molar-refractivity contribution in [3.05, 3.63) is 34.8 Å². The Balaban J connectivity index is 1.91. The Morgan fingerprint density at radius 1 is 1.38 bits per heavy atom. The van der Waals surface area contributed by atoms with Gasteiger partial charge < -0.3 is 9.73 Å². The molecule has 1 heterocycles. The van der Waals surface area contributed by atoms with Gasteiger partial charge in [0, 0.05) is 11.4 Å². The Morgan fingerprint density at radius 2 is 2.19 bits per heavy atom. The fraction of sp³-hybridized carbons (Fsp3) is 0.333. The largest absolute Gasteiger partial charge is 0.458 e. The quantitative estimate of drug-likeness (QED) is 0.887. The van der Waals surface area contributed by atoms with E-state index in [1.165, 1.54) is 25.0 Å². The highest BCUT2D eigenvalue weighted by molar-refractivity contribution is 6.34. The van der Waals surface area contributed by atoms with E-state index in [2.05, 4.69) is 5.32 Å². The van der Waals surface area contributed by atoms with Gasteiger partial charge in [0.25, 0.3) is 0 Å². The Hall–Kier alpha value is -1.06. The summed E-state index contributed by atoms with van der Waals surface area (Å²) in [5.41, 5.74) is 0.565. The molecule has 0 atom stereocenters. The van der Waals surface area contributed by atoms with Crippen LogP contribution in [0.25, 0.3) is 11.0 Å². The van der Waals surface area contributed by atoms with Crippen LogP contribution in [0.15, 0.2) is 22.6 Å². The molecule has 0 aliphatic heterocycles. The van der Waals surface area contributed by atoms with Crippen molar-refractivity contribution in [1.29, 1.82) is 0 Å². The third-order valence-electron chi connectivity index (χ3n) is 2.73. The molecule has 0 spiro atoms. The maximum absolute atomic E-state index is 13.1. The minimum absolute atomic E-state index is 0.327. The standard InChI is InChI=1S/C12H11ClFNO/c13-11-5-8(14)3-7-4-10(16-12(7)11)6-15-9-1-2-9/h3-5,9,15H,1-2,6H2. The molecular weight excluding hydrogens is 229 g/mol. The van der Waals surface area contributed by atoms with E-state index < -0.39 is 0 Å². The fourth-order valence-corrected chi connectivity index (χ4v) is 2.00. The number of nitrogens with one attached hydrogen (secondary N) is 1. The third kappa shape index (κ3) is 1.93. The van der Waals surface area contributed by atoms with E-state index in [1.807, 2.05) is 6.07 Å². The summed E-state index contributed by atoms with van der Waals surface area (Å²) in [6, 6.07) is 5.16. The highest BCUT2D eigenvalue weighted by Crippen LogP contribution is 2.28. The summed E-state index contributed by atoms with van der Waals surface area (Å²) in [7, 11) is 0.